The molecular formula is C29H21ClFN3O4S. The molecule has 1 aromatic heterocycles. The fourth-order valence-corrected chi connectivity index (χ4v) is 4.82. The fourth-order valence-electron chi connectivity index (χ4n) is 3.96. The lowest BCUT2D eigenvalue weighted by Gasteiger charge is -2.13. The summed E-state index contributed by atoms with van der Waals surface area (Å²) in [5, 5.41) is 19.4. The highest BCUT2D eigenvalue weighted by Gasteiger charge is 2.18. The molecule has 0 aliphatic heterocycles. The summed E-state index contributed by atoms with van der Waals surface area (Å²) in [5.41, 5.74) is 1.52. The lowest BCUT2D eigenvalue weighted by atomic mass is 10.0. The van der Waals surface area contributed by atoms with E-state index in [1.54, 1.807) is 42.5 Å². The SMILES string of the molecule is COc1ccc(Cl)cc1-c1nc(S/C(=C\c2c(OCc3ccccc3F)ccc3ccccc23)C(=O)O)n[nH]1. The molecule has 0 bridgehead atoms. The van der Waals surface area contributed by atoms with Crippen LogP contribution < -0.4 is 9.47 Å². The van der Waals surface area contributed by atoms with Crippen molar-refractivity contribution in [3.05, 3.63) is 106 Å². The van der Waals surface area contributed by atoms with Crippen LogP contribution in [0.1, 0.15) is 11.1 Å². The minimum Gasteiger partial charge on any atom is -0.496 e. The summed E-state index contributed by atoms with van der Waals surface area (Å²) >= 11 is 7.02. The average molecular weight is 562 g/mol. The van der Waals surface area contributed by atoms with Crippen molar-refractivity contribution >= 4 is 46.2 Å². The van der Waals surface area contributed by atoms with E-state index in [4.69, 9.17) is 21.1 Å². The first-order valence-corrected chi connectivity index (χ1v) is 12.9. The van der Waals surface area contributed by atoms with Crippen molar-refractivity contribution in [3.63, 3.8) is 0 Å². The molecule has 2 N–H and O–H groups in total. The Morgan fingerprint density at radius 2 is 1.85 bits per heavy atom. The number of aliphatic carboxylic acids is 1. The van der Waals surface area contributed by atoms with E-state index >= 15 is 0 Å². The maximum absolute atomic E-state index is 14.2. The van der Waals surface area contributed by atoms with Crippen LogP contribution in [0.15, 0.2) is 88.9 Å². The maximum atomic E-state index is 14.2. The molecule has 0 fully saturated rings. The highest BCUT2D eigenvalue weighted by atomic mass is 35.5. The second-order valence-corrected chi connectivity index (χ2v) is 9.75. The van der Waals surface area contributed by atoms with Crippen molar-refractivity contribution < 1.29 is 23.8 Å². The molecule has 5 rings (SSSR count). The number of aromatic amines is 1. The van der Waals surface area contributed by atoms with Crippen molar-refractivity contribution in [2.45, 2.75) is 11.8 Å². The van der Waals surface area contributed by atoms with Gasteiger partial charge < -0.3 is 14.6 Å². The highest BCUT2D eigenvalue weighted by Crippen LogP contribution is 2.36. The van der Waals surface area contributed by atoms with Crippen LogP contribution >= 0.6 is 23.4 Å². The Bertz CT molecular complexity index is 1710. The molecule has 0 aliphatic rings. The Morgan fingerprint density at radius 1 is 1.08 bits per heavy atom. The number of fused-ring (bicyclic) bond motifs is 1. The lowest BCUT2D eigenvalue weighted by molar-refractivity contribution is -0.131. The molecule has 10 heteroatoms. The molecular weight excluding hydrogens is 541 g/mol. The summed E-state index contributed by atoms with van der Waals surface area (Å²) in [6.45, 7) is -0.0207. The van der Waals surface area contributed by atoms with Gasteiger partial charge in [0.05, 0.1) is 12.7 Å². The van der Waals surface area contributed by atoms with E-state index in [1.165, 1.54) is 19.3 Å². The van der Waals surface area contributed by atoms with Crippen LogP contribution in [0.5, 0.6) is 11.5 Å². The summed E-state index contributed by atoms with van der Waals surface area (Å²) < 4.78 is 25.6. The van der Waals surface area contributed by atoms with Gasteiger partial charge >= 0.3 is 5.97 Å². The third kappa shape index (κ3) is 5.89. The topological polar surface area (TPSA) is 97.3 Å². The monoisotopic (exact) mass is 561 g/mol. The number of halogens is 2. The molecule has 5 aromatic rings. The first-order valence-electron chi connectivity index (χ1n) is 11.7. The van der Waals surface area contributed by atoms with E-state index in [2.05, 4.69) is 15.2 Å². The van der Waals surface area contributed by atoms with Crippen molar-refractivity contribution in [2.24, 2.45) is 0 Å². The number of hydrogen-bond acceptors (Lipinski definition) is 6. The molecule has 0 amide bonds. The Balaban J connectivity index is 1.51. The number of carboxylic acid groups (broad SMARTS) is 1. The first kappa shape index (κ1) is 26.3. The number of carboxylic acids is 1. The predicted molar refractivity (Wildman–Crippen MR) is 150 cm³/mol. The third-order valence-electron chi connectivity index (χ3n) is 5.84. The van der Waals surface area contributed by atoms with Gasteiger partial charge in [-0.1, -0.05) is 60.1 Å². The Kier molecular flexibility index (Phi) is 7.81. The van der Waals surface area contributed by atoms with Gasteiger partial charge in [0.15, 0.2) is 5.82 Å². The molecule has 0 radical (unpaired) electrons. The quantitative estimate of drug-likeness (QED) is 0.145. The molecule has 0 unspecified atom stereocenters. The van der Waals surface area contributed by atoms with Crippen LogP contribution in [0.25, 0.3) is 28.2 Å². The summed E-state index contributed by atoms with van der Waals surface area (Å²) in [6, 6.07) is 22.6. The summed E-state index contributed by atoms with van der Waals surface area (Å²) in [5.74, 6) is -0.224. The molecule has 0 saturated carbocycles. The molecule has 7 nitrogen and oxygen atoms in total. The number of nitrogens with one attached hydrogen (secondary N) is 1. The Hall–Kier alpha value is -4.34. The molecule has 196 valence electrons. The van der Waals surface area contributed by atoms with Crippen molar-refractivity contribution in [2.75, 3.05) is 7.11 Å². The second kappa shape index (κ2) is 11.6. The minimum atomic E-state index is -1.17. The predicted octanol–water partition coefficient (Wildman–Crippen LogP) is 7.22. The van der Waals surface area contributed by atoms with Crippen LogP contribution in [-0.4, -0.2) is 33.4 Å². The van der Waals surface area contributed by atoms with Gasteiger partial charge in [0, 0.05) is 16.1 Å². The van der Waals surface area contributed by atoms with Gasteiger partial charge in [-0.05, 0) is 58.9 Å². The Morgan fingerprint density at radius 3 is 2.64 bits per heavy atom. The zero-order chi connectivity index (χ0) is 27.4. The van der Waals surface area contributed by atoms with Gasteiger partial charge in [0.25, 0.3) is 0 Å². The van der Waals surface area contributed by atoms with E-state index in [-0.39, 0.29) is 22.5 Å². The minimum absolute atomic E-state index is 0.0207. The van der Waals surface area contributed by atoms with Crippen molar-refractivity contribution in [1.82, 2.24) is 15.2 Å². The molecule has 0 saturated heterocycles. The van der Waals surface area contributed by atoms with Crippen LogP contribution in [0.4, 0.5) is 4.39 Å². The van der Waals surface area contributed by atoms with E-state index in [0.29, 0.717) is 39.0 Å². The smallest absolute Gasteiger partial charge is 0.342 e. The molecule has 39 heavy (non-hydrogen) atoms. The molecule has 0 atom stereocenters. The van der Waals surface area contributed by atoms with Crippen LogP contribution in [0.2, 0.25) is 5.02 Å². The number of rotatable bonds is 9. The number of H-pyrrole nitrogens is 1. The molecule has 1 heterocycles. The van der Waals surface area contributed by atoms with E-state index < -0.39 is 5.97 Å². The molecule has 0 spiro atoms. The van der Waals surface area contributed by atoms with Crippen LogP contribution in [-0.2, 0) is 11.4 Å². The number of ether oxygens (including phenoxy) is 2. The normalized spacial score (nSPS) is 11.5. The second-order valence-electron chi connectivity index (χ2n) is 8.31. The van der Waals surface area contributed by atoms with Gasteiger partial charge in [0.1, 0.15) is 28.8 Å². The number of carbonyl (C=O) groups is 1. The average Bonchev–Trinajstić information content (AvgIpc) is 3.41. The third-order valence-corrected chi connectivity index (χ3v) is 6.95. The van der Waals surface area contributed by atoms with Gasteiger partial charge in [-0.25, -0.2) is 14.2 Å². The highest BCUT2D eigenvalue weighted by molar-refractivity contribution is 8.04. The summed E-state index contributed by atoms with van der Waals surface area (Å²) in [4.78, 5) is 16.7. The van der Waals surface area contributed by atoms with Gasteiger partial charge in [-0.15, -0.1) is 5.10 Å². The van der Waals surface area contributed by atoms with Crippen molar-refractivity contribution in [1.29, 1.82) is 0 Å². The Labute approximate surface area is 232 Å². The standard InChI is InChI=1S/C29H21ClFN3O4S/c1-37-24-13-11-19(30)14-22(24)27-32-29(34-33-27)39-26(28(35)36)15-21-20-8-4-2-6-17(20)10-12-25(21)38-16-18-7-3-5-9-23(18)31/h2-15H,16H2,1H3,(H,35,36)(H,32,33,34)/b26-15-. The number of hydrogen-bond donors (Lipinski definition) is 2. The molecule has 4 aromatic carbocycles. The van der Waals surface area contributed by atoms with Crippen LogP contribution in [0.3, 0.4) is 0 Å². The van der Waals surface area contributed by atoms with Gasteiger partial charge in [0.2, 0.25) is 5.16 Å². The number of aromatic nitrogens is 3. The van der Waals surface area contributed by atoms with E-state index in [0.717, 1.165) is 22.5 Å². The van der Waals surface area contributed by atoms with E-state index in [1.807, 2.05) is 30.3 Å². The number of benzene rings is 4. The summed E-state index contributed by atoms with van der Waals surface area (Å²) in [7, 11) is 1.53. The van der Waals surface area contributed by atoms with Crippen LogP contribution in [0, 0.1) is 5.82 Å². The zero-order valence-electron chi connectivity index (χ0n) is 20.5. The zero-order valence-corrected chi connectivity index (χ0v) is 22.1. The summed E-state index contributed by atoms with van der Waals surface area (Å²) in [6.07, 6.45) is 1.52. The lowest BCUT2D eigenvalue weighted by Crippen LogP contribution is -2.01. The van der Waals surface area contributed by atoms with E-state index in [9.17, 15) is 14.3 Å². The first-order chi connectivity index (χ1) is 18.9. The number of nitrogens with zero attached hydrogens (tertiary/aromatic N) is 2. The maximum Gasteiger partial charge on any atom is 0.342 e. The fraction of sp³-hybridized carbons (Fsp3) is 0.0690. The van der Waals surface area contributed by atoms with Gasteiger partial charge in [-0.3, -0.25) is 5.10 Å². The largest absolute Gasteiger partial charge is 0.496 e. The number of thioether (sulfide) groups is 1. The molecule has 0 aliphatic carbocycles. The van der Waals surface area contributed by atoms with Gasteiger partial charge in [-0.2, -0.15) is 0 Å². The number of methoxy groups -OCH3 is 1. The van der Waals surface area contributed by atoms with Crippen molar-refractivity contribution in [3.8, 4) is 22.9 Å².